The Morgan fingerprint density at radius 3 is 2.73 bits per heavy atom. The van der Waals surface area contributed by atoms with Gasteiger partial charge >= 0.3 is 11.7 Å². The van der Waals surface area contributed by atoms with Gasteiger partial charge in [-0.05, 0) is 18.6 Å². The molecule has 26 heavy (non-hydrogen) atoms. The monoisotopic (exact) mass is 367 g/mol. The summed E-state index contributed by atoms with van der Waals surface area (Å²) in [5.41, 5.74) is 0.458. The number of halogens is 2. The number of nitro groups is 1. The van der Waals surface area contributed by atoms with E-state index in [1.807, 2.05) is 0 Å². The van der Waals surface area contributed by atoms with Crippen LogP contribution in [0.4, 0.5) is 26.0 Å². The Bertz CT molecular complexity index is 830. The van der Waals surface area contributed by atoms with Crippen LogP contribution in [-0.2, 0) is 4.74 Å². The number of nitrogens with one attached hydrogen (secondary N) is 1. The van der Waals surface area contributed by atoms with Crippen LogP contribution in [0.1, 0.15) is 15.9 Å². The Kier molecular flexibility index (Phi) is 5.99. The van der Waals surface area contributed by atoms with Gasteiger partial charge in [0.05, 0.1) is 17.6 Å². The first kappa shape index (κ1) is 19.0. The molecule has 0 aliphatic carbocycles. The third kappa shape index (κ3) is 4.62. The van der Waals surface area contributed by atoms with Crippen molar-refractivity contribution < 1.29 is 28.0 Å². The second-order valence-electron chi connectivity index (χ2n) is 5.15. The Hall–Kier alpha value is -3.30. The molecular weight excluding hydrogens is 352 g/mol. The lowest BCUT2D eigenvalue weighted by molar-refractivity contribution is -0.384. The van der Waals surface area contributed by atoms with E-state index >= 15 is 0 Å². The minimum absolute atomic E-state index is 0.0744. The Balaban J connectivity index is 2.31. The number of hydrogen-bond donors (Lipinski definition) is 1. The summed E-state index contributed by atoms with van der Waals surface area (Å²) in [6, 6.07) is 5.66. The van der Waals surface area contributed by atoms with Crippen molar-refractivity contribution in [2.24, 2.45) is 0 Å². The molecular formula is C16H15F2N3O5. The van der Waals surface area contributed by atoms with E-state index in [-0.39, 0.29) is 17.1 Å². The molecule has 10 heteroatoms. The third-order valence-electron chi connectivity index (χ3n) is 3.30. The normalized spacial score (nSPS) is 10.5. The zero-order valence-corrected chi connectivity index (χ0v) is 13.9. The lowest BCUT2D eigenvalue weighted by atomic mass is 10.2. The van der Waals surface area contributed by atoms with E-state index in [0.29, 0.717) is 11.3 Å². The quantitative estimate of drug-likeness (QED) is 0.454. The van der Waals surface area contributed by atoms with Gasteiger partial charge in [-0.15, -0.1) is 0 Å². The highest BCUT2D eigenvalue weighted by Crippen LogP contribution is 2.29. The molecule has 0 amide bonds. The van der Waals surface area contributed by atoms with Gasteiger partial charge in [0.1, 0.15) is 12.4 Å². The van der Waals surface area contributed by atoms with Crippen LogP contribution in [-0.4, -0.2) is 36.0 Å². The van der Waals surface area contributed by atoms with Gasteiger partial charge in [-0.25, -0.2) is 18.6 Å². The van der Waals surface area contributed by atoms with Crippen molar-refractivity contribution in [1.29, 1.82) is 0 Å². The van der Waals surface area contributed by atoms with E-state index in [4.69, 9.17) is 4.74 Å². The number of carbonyl (C=O) groups is 1. The predicted octanol–water partition coefficient (Wildman–Crippen LogP) is 3.47. The second-order valence-corrected chi connectivity index (χ2v) is 5.15. The SMILES string of the molecule is COC(=O)c1cnc(Nc2ccc(C)c(OCC(F)F)c2)c([N+](=O)[O-])c1. The molecule has 0 radical (unpaired) electrons. The largest absolute Gasteiger partial charge is 0.487 e. The van der Waals surface area contributed by atoms with Crippen LogP contribution in [0.15, 0.2) is 30.5 Å². The van der Waals surface area contributed by atoms with Gasteiger partial charge in [-0.2, -0.15) is 0 Å². The first-order valence-electron chi connectivity index (χ1n) is 7.33. The molecule has 0 saturated carbocycles. The number of hydrogen-bond acceptors (Lipinski definition) is 7. The van der Waals surface area contributed by atoms with Crippen LogP contribution in [0.25, 0.3) is 0 Å². The standard InChI is InChI=1S/C16H15F2N3O5/c1-9-3-4-11(6-13(9)26-8-14(17)18)20-15-12(21(23)24)5-10(7-19-15)16(22)25-2/h3-7,14H,8H2,1-2H3,(H,19,20). The van der Waals surface area contributed by atoms with Gasteiger partial charge in [0.25, 0.3) is 6.43 Å². The summed E-state index contributed by atoms with van der Waals surface area (Å²) in [6.07, 6.45) is -1.50. The molecule has 2 aromatic rings. The molecule has 0 atom stereocenters. The molecule has 8 nitrogen and oxygen atoms in total. The predicted molar refractivity (Wildman–Crippen MR) is 88.2 cm³/mol. The smallest absolute Gasteiger partial charge is 0.339 e. The van der Waals surface area contributed by atoms with Crippen LogP contribution in [0.3, 0.4) is 0 Å². The molecule has 1 heterocycles. The average molecular weight is 367 g/mol. The lowest BCUT2D eigenvalue weighted by Crippen LogP contribution is -2.08. The molecule has 0 spiro atoms. The highest BCUT2D eigenvalue weighted by molar-refractivity contribution is 5.90. The van der Waals surface area contributed by atoms with Crippen LogP contribution in [0.5, 0.6) is 5.75 Å². The van der Waals surface area contributed by atoms with Gasteiger partial charge in [0.2, 0.25) is 5.82 Å². The van der Waals surface area contributed by atoms with E-state index < -0.39 is 29.6 Å². The summed E-state index contributed by atoms with van der Waals surface area (Å²) in [6.45, 7) is 0.910. The lowest BCUT2D eigenvalue weighted by Gasteiger charge is -2.12. The number of pyridine rings is 1. The summed E-state index contributed by atoms with van der Waals surface area (Å²) in [5.74, 6) is -0.666. The van der Waals surface area contributed by atoms with Crippen molar-refractivity contribution in [2.75, 3.05) is 19.0 Å². The minimum atomic E-state index is -2.63. The van der Waals surface area contributed by atoms with Crippen molar-refractivity contribution in [3.63, 3.8) is 0 Å². The van der Waals surface area contributed by atoms with Gasteiger partial charge in [0.15, 0.2) is 0 Å². The van der Waals surface area contributed by atoms with E-state index in [1.165, 1.54) is 6.07 Å². The maximum atomic E-state index is 12.3. The van der Waals surface area contributed by atoms with Crippen molar-refractivity contribution in [2.45, 2.75) is 13.3 Å². The molecule has 0 fully saturated rings. The number of rotatable bonds is 7. The first-order valence-corrected chi connectivity index (χ1v) is 7.33. The molecule has 1 aromatic heterocycles. The van der Waals surface area contributed by atoms with E-state index in [9.17, 15) is 23.7 Å². The number of carbonyl (C=O) groups excluding carboxylic acids is 1. The Morgan fingerprint density at radius 2 is 2.12 bits per heavy atom. The second kappa shape index (κ2) is 8.19. The van der Waals surface area contributed by atoms with Crippen molar-refractivity contribution >= 4 is 23.2 Å². The van der Waals surface area contributed by atoms with Crippen LogP contribution >= 0.6 is 0 Å². The van der Waals surface area contributed by atoms with Gasteiger partial charge in [0, 0.05) is 24.0 Å². The van der Waals surface area contributed by atoms with Crippen LogP contribution in [0, 0.1) is 17.0 Å². The van der Waals surface area contributed by atoms with Crippen LogP contribution in [0.2, 0.25) is 0 Å². The number of esters is 1. The van der Waals surface area contributed by atoms with Gasteiger partial charge in [-0.3, -0.25) is 10.1 Å². The number of ether oxygens (including phenoxy) is 2. The molecule has 1 aromatic carbocycles. The number of aryl methyl sites for hydroxylation is 1. The fourth-order valence-corrected chi connectivity index (χ4v) is 2.04. The zero-order valence-electron chi connectivity index (χ0n) is 13.9. The maximum absolute atomic E-state index is 12.3. The number of aromatic nitrogens is 1. The molecule has 1 N–H and O–H groups in total. The summed E-state index contributed by atoms with van der Waals surface area (Å²) in [5, 5.41) is 14.0. The fraction of sp³-hybridized carbons (Fsp3) is 0.250. The van der Waals surface area contributed by atoms with Crippen molar-refractivity contribution in [3.8, 4) is 5.75 Å². The van der Waals surface area contributed by atoms with E-state index in [0.717, 1.165) is 19.4 Å². The summed E-state index contributed by atoms with van der Waals surface area (Å²) < 4.78 is 34.1. The molecule has 0 bridgehead atoms. The first-order chi connectivity index (χ1) is 12.3. The topological polar surface area (TPSA) is 104 Å². The summed E-state index contributed by atoms with van der Waals surface area (Å²) in [7, 11) is 1.15. The number of anilines is 2. The Labute approximate surface area is 146 Å². The summed E-state index contributed by atoms with van der Waals surface area (Å²) >= 11 is 0. The highest BCUT2D eigenvalue weighted by atomic mass is 19.3. The number of nitrogens with zero attached hydrogens (tertiary/aromatic N) is 2. The van der Waals surface area contributed by atoms with Crippen LogP contribution < -0.4 is 10.1 Å². The Morgan fingerprint density at radius 1 is 1.38 bits per heavy atom. The minimum Gasteiger partial charge on any atom is -0.487 e. The average Bonchev–Trinajstić information content (AvgIpc) is 2.61. The number of alkyl halides is 2. The molecule has 2 rings (SSSR count). The molecule has 138 valence electrons. The maximum Gasteiger partial charge on any atom is 0.339 e. The number of methoxy groups -OCH3 is 1. The van der Waals surface area contributed by atoms with E-state index in [2.05, 4.69) is 15.0 Å². The summed E-state index contributed by atoms with van der Waals surface area (Å²) in [4.78, 5) is 25.9. The van der Waals surface area contributed by atoms with Crippen molar-refractivity contribution in [1.82, 2.24) is 4.98 Å². The third-order valence-corrected chi connectivity index (χ3v) is 3.30. The van der Waals surface area contributed by atoms with Gasteiger partial charge < -0.3 is 14.8 Å². The zero-order chi connectivity index (χ0) is 19.3. The molecule has 0 aliphatic heterocycles. The molecule has 0 aliphatic rings. The van der Waals surface area contributed by atoms with E-state index in [1.54, 1.807) is 19.1 Å². The van der Waals surface area contributed by atoms with Gasteiger partial charge in [-0.1, -0.05) is 6.07 Å². The molecule has 0 unspecified atom stereocenters. The van der Waals surface area contributed by atoms with Crippen molar-refractivity contribution in [3.05, 3.63) is 51.7 Å². The molecule has 0 saturated heterocycles. The fourth-order valence-electron chi connectivity index (χ4n) is 2.04. The number of benzene rings is 1. The highest BCUT2D eigenvalue weighted by Gasteiger charge is 2.20.